The molecular formula is C51H59F3N6O9S. The summed E-state index contributed by atoms with van der Waals surface area (Å²) in [6.07, 6.45) is 2.07. The van der Waals surface area contributed by atoms with Gasteiger partial charge in [0.25, 0.3) is 0 Å². The Morgan fingerprint density at radius 2 is 1.34 bits per heavy atom. The van der Waals surface area contributed by atoms with Crippen LogP contribution in [0.15, 0.2) is 96.1 Å². The van der Waals surface area contributed by atoms with Gasteiger partial charge in [-0.1, -0.05) is 48.5 Å². The van der Waals surface area contributed by atoms with Gasteiger partial charge in [-0.25, -0.2) is 9.78 Å². The van der Waals surface area contributed by atoms with Crippen LogP contribution < -0.4 is 25.8 Å². The number of carboxylic acid groups (broad SMARTS) is 1. The van der Waals surface area contributed by atoms with Crippen molar-refractivity contribution in [2.75, 3.05) is 66.6 Å². The van der Waals surface area contributed by atoms with Crippen molar-refractivity contribution >= 4 is 57.3 Å². The predicted octanol–water partition coefficient (Wildman–Crippen LogP) is 7.41. The van der Waals surface area contributed by atoms with E-state index in [2.05, 4.69) is 16.7 Å². The highest BCUT2D eigenvalue weighted by atomic mass is 32.1. The summed E-state index contributed by atoms with van der Waals surface area (Å²) in [5.41, 5.74) is 10.5. The van der Waals surface area contributed by atoms with Crippen molar-refractivity contribution in [1.29, 1.82) is 0 Å². The highest BCUT2D eigenvalue weighted by Crippen LogP contribution is 2.32. The normalized spacial score (nSPS) is 13.9. The van der Waals surface area contributed by atoms with E-state index in [-0.39, 0.29) is 66.5 Å². The van der Waals surface area contributed by atoms with Crippen molar-refractivity contribution in [3.63, 3.8) is 0 Å². The van der Waals surface area contributed by atoms with Crippen LogP contribution >= 0.6 is 11.3 Å². The summed E-state index contributed by atoms with van der Waals surface area (Å²) < 4.78 is 43.4. The van der Waals surface area contributed by atoms with Crippen LogP contribution in [0.2, 0.25) is 0 Å². The highest BCUT2D eigenvalue weighted by Gasteiger charge is 2.38. The van der Waals surface area contributed by atoms with Gasteiger partial charge in [-0.3, -0.25) is 14.4 Å². The number of hydrogen-bond acceptors (Lipinski definition) is 13. The van der Waals surface area contributed by atoms with Crippen LogP contribution in [-0.2, 0) is 25.7 Å². The van der Waals surface area contributed by atoms with E-state index in [1.54, 1.807) is 52.7 Å². The van der Waals surface area contributed by atoms with Crippen molar-refractivity contribution in [3.05, 3.63) is 113 Å². The van der Waals surface area contributed by atoms with Crippen molar-refractivity contribution < 1.29 is 57.1 Å². The number of thiazole rings is 1. The summed E-state index contributed by atoms with van der Waals surface area (Å²) in [7, 11) is 2.89. The Labute approximate surface area is 408 Å². The van der Waals surface area contributed by atoms with Gasteiger partial charge in [0.05, 0.1) is 24.4 Å². The number of halogens is 3. The van der Waals surface area contributed by atoms with E-state index in [1.807, 2.05) is 47.4 Å². The summed E-state index contributed by atoms with van der Waals surface area (Å²) in [6, 6.07) is 25.7. The fourth-order valence-electron chi connectivity index (χ4n) is 7.35. The molecule has 0 atom stereocenters. The molecule has 374 valence electrons. The summed E-state index contributed by atoms with van der Waals surface area (Å²) in [5.74, 6) is -2.98. The average Bonchev–Trinajstić information content (AvgIpc) is 3.79. The molecule has 1 aliphatic rings. The number of phenolic OH excluding ortho intramolecular Hbond substituents is 2. The number of carbonyl (C=O) groups excluding carboxylic acids is 3. The number of rotatable bonds is 22. The van der Waals surface area contributed by atoms with Gasteiger partial charge in [-0.15, -0.1) is 11.3 Å². The molecule has 0 radical (unpaired) electrons. The first-order valence-electron chi connectivity index (χ1n) is 22.7. The number of aromatic hydroxyl groups is 2. The third-order valence-electron chi connectivity index (χ3n) is 11.1. The first kappa shape index (κ1) is 54.1. The number of methoxy groups -OCH3 is 2. The van der Waals surface area contributed by atoms with Crippen molar-refractivity contribution in [2.45, 2.75) is 51.2 Å². The highest BCUT2D eigenvalue weighted by molar-refractivity contribution is 7.21. The number of likely N-dealkylation sites (tertiary alicyclic amines) is 1. The number of para-hydroxylation sites is 1. The van der Waals surface area contributed by atoms with Crippen LogP contribution in [0.3, 0.4) is 0 Å². The maximum absolute atomic E-state index is 14.0. The summed E-state index contributed by atoms with van der Waals surface area (Å²) in [6.45, 7) is 5.21. The molecule has 6 rings (SSSR count). The standard InChI is InChI=1S/C49H58N6O7S.C2HF3O2/c1-61-43-29-35(13-17-41(43)56)27-38-32-55(33-39(48(38)60)28-36-14-18-42(57)44(30-36)62-2)47(59)20-19-46(58)54(26-8-25-52-23-6-5-22-51-24-7-21-50)31-34-11-15-37(16-12-34)49-53-40-9-3-4-10-45(40)63-49;3-2(4,5)1(6)7/h3-4,9-18,27-30,51-52,56-57H,5-8,19-26,31-33,50H2,1-2H3;(H,6,7)/b38-27+,39-28+;. The van der Waals surface area contributed by atoms with Crippen LogP contribution in [-0.4, -0.2) is 126 Å². The van der Waals surface area contributed by atoms with Gasteiger partial charge in [0, 0.05) is 55.7 Å². The van der Waals surface area contributed by atoms with Crippen molar-refractivity contribution in [3.8, 4) is 33.6 Å². The Hall–Kier alpha value is -6.80. The van der Waals surface area contributed by atoms with Crippen molar-refractivity contribution in [1.82, 2.24) is 25.4 Å². The molecule has 0 saturated carbocycles. The molecule has 0 unspecified atom stereocenters. The van der Waals surface area contributed by atoms with Gasteiger partial charge in [0.15, 0.2) is 28.8 Å². The van der Waals surface area contributed by atoms with E-state index in [9.17, 15) is 37.8 Å². The molecule has 2 heterocycles. The number of aromatic nitrogens is 1. The molecule has 1 aromatic heterocycles. The maximum Gasteiger partial charge on any atom is 0.490 e. The third kappa shape index (κ3) is 16.4. The van der Waals surface area contributed by atoms with Crippen LogP contribution in [0.1, 0.15) is 55.2 Å². The fourth-order valence-corrected chi connectivity index (χ4v) is 8.32. The SMILES string of the molecule is COc1cc(/C=C2\CN(C(=O)CCC(=O)N(CCCNCCCCNCCCN)Cc3ccc(-c4nc5ccccc5s4)cc3)C/C(=C\c3ccc(O)c(OC)c3)C2=O)ccc1O.O=C(O)C(F)(F)F. The molecule has 0 aliphatic carbocycles. The van der Waals surface area contributed by atoms with Gasteiger partial charge in [-0.05, 0) is 124 Å². The Bertz CT molecular complexity index is 2510. The summed E-state index contributed by atoms with van der Waals surface area (Å²) in [4.78, 5) is 59.1. The monoisotopic (exact) mass is 988 g/mol. The van der Waals surface area contributed by atoms with Crippen LogP contribution in [0, 0.1) is 0 Å². The number of Topliss-reactive ketones (excluding diaryl/α,β-unsaturated/α-hetero) is 1. The van der Waals surface area contributed by atoms with Gasteiger partial charge in [0.2, 0.25) is 11.8 Å². The van der Waals surface area contributed by atoms with Gasteiger partial charge < -0.3 is 51.0 Å². The van der Waals surface area contributed by atoms with E-state index in [4.69, 9.17) is 30.1 Å². The molecule has 0 spiro atoms. The number of unbranched alkanes of at least 4 members (excludes halogenated alkanes) is 1. The number of amides is 2. The van der Waals surface area contributed by atoms with Gasteiger partial charge in [0.1, 0.15) is 5.01 Å². The van der Waals surface area contributed by atoms with E-state index < -0.39 is 12.1 Å². The number of alkyl halides is 3. The molecule has 1 fully saturated rings. The molecule has 70 heavy (non-hydrogen) atoms. The quantitative estimate of drug-likeness (QED) is 0.0295. The second-order valence-corrected chi connectivity index (χ2v) is 17.3. The lowest BCUT2D eigenvalue weighted by atomic mass is 9.93. The lowest BCUT2D eigenvalue weighted by molar-refractivity contribution is -0.192. The molecule has 0 bridgehead atoms. The van der Waals surface area contributed by atoms with Crippen LogP contribution in [0.25, 0.3) is 32.9 Å². The zero-order chi connectivity index (χ0) is 50.6. The molecule has 1 aliphatic heterocycles. The number of fused-ring (bicyclic) bond motifs is 1. The molecule has 5 aromatic rings. The number of ketones is 1. The molecule has 7 N–H and O–H groups in total. The number of carboxylic acids is 1. The molecule has 19 heteroatoms. The summed E-state index contributed by atoms with van der Waals surface area (Å²) in [5, 5.41) is 35.3. The Morgan fingerprint density at radius 3 is 1.87 bits per heavy atom. The van der Waals surface area contributed by atoms with Crippen LogP contribution in [0.4, 0.5) is 13.2 Å². The zero-order valence-corrected chi connectivity index (χ0v) is 39.9. The van der Waals surface area contributed by atoms with Gasteiger partial charge >= 0.3 is 12.1 Å². The predicted molar refractivity (Wildman–Crippen MR) is 264 cm³/mol. The number of aliphatic carboxylic acids is 1. The van der Waals surface area contributed by atoms with E-state index >= 15 is 0 Å². The number of hydrogen-bond donors (Lipinski definition) is 6. The molecule has 4 aromatic carbocycles. The molecular weight excluding hydrogens is 930 g/mol. The second kappa shape index (κ2) is 26.8. The minimum Gasteiger partial charge on any atom is -0.504 e. The minimum absolute atomic E-state index is 0.0000693. The average molecular weight is 989 g/mol. The lowest BCUT2D eigenvalue weighted by Gasteiger charge is -2.30. The number of nitrogens with two attached hydrogens (primary N) is 1. The molecule has 1 saturated heterocycles. The third-order valence-corrected chi connectivity index (χ3v) is 12.1. The molecule has 2 amide bonds. The first-order chi connectivity index (χ1) is 33.6. The number of ether oxygens (including phenoxy) is 2. The number of piperidine rings is 1. The lowest BCUT2D eigenvalue weighted by Crippen LogP contribution is -2.42. The minimum atomic E-state index is -5.08. The fraction of sp³-hybridized carbons (Fsp3) is 0.353. The number of phenols is 2. The van der Waals surface area contributed by atoms with E-state index in [1.165, 1.54) is 26.4 Å². The molecule has 15 nitrogen and oxygen atoms in total. The van der Waals surface area contributed by atoms with Crippen molar-refractivity contribution in [2.24, 2.45) is 5.73 Å². The number of benzene rings is 4. The number of nitrogens with one attached hydrogen (secondary N) is 2. The second-order valence-electron chi connectivity index (χ2n) is 16.3. The maximum atomic E-state index is 14.0. The zero-order valence-electron chi connectivity index (χ0n) is 39.1. The largest absolute Gasteiger partial charge is 0.504 e. The smallest absolute Gasteiger partial charge is 0.490 e. The Balaban J connectivity index is 0.00000121. The number of carbonyl (C=O) groups is 4. The Morgan fingerprint density at radius 1 is 0.800 bits per heavy atom. The van der Waals surface area contributed by atoms with E-state index in [0.717, 1.165) is 78.2 Å². The van der Waals surface area contributed by atoms with E-state index in [0.29, 0.717) is 41.9 Å². The topological polar surface area (TPSA) is 217 Å². The Kier molecular flexibility index (Phi) is 20.7. The van der Waals surface area contributed by atoms with Crippen LogP contribution in [0.5, 0.6) is 23.0 Å². The van der Waals surface area contributed by atoms with Gasteiger partial charge in [-0.2, -0.15) is 13.2 Å². The first-order valence-corrected chi connectivity index (χ1v) is 23.5. The summed E-state index contributed by atoms with van der Waals surface area (Å²) >= 11 is 1.64. The number of nitrogens with zero attached hydrogens (tertiary/aromatic N) is 3.